The lowest BCUT2D eigenvalue weighted by Crippen LogP contribution is -2.38. The number of rotatable bonds is 20. The van der Waals surface area contributed by atoms with Crippen LogP contribution in [-0.4, -0.2) is 95.7 Å². The molecule has 0 aromatic carbocycles. The van der Waals surface area contributed by atoms with E-state index >= 15 is 0 Å². The number of isocyanates is 1. The Bertz CT molecular complexity index is 488. The van der Waals surface area contributed by atoms with E-state index in [2.05, 4.69) is 4.99 Å². The van der Waals surface area contributed by atoms with Gasteiger partial charge in [-0.1, -0.05) is 0 Å². The maximum Gasteiger partial charge on any atom is 0.238 e. The maximum absolute atomic E-state index is 10.9. The molecule has 0 aliphatic rings. The van der Waals surface area contributed by atoms with Crippen LogP contribution in [0.15, 0.2) is 4.99 Å². The zero-order valence-corrected chi connectivity index (χ0v) is 20.5. The highest BCUT2D eigenvalue weighted by Crippen LogP contribution is 2.15. The van der Waals surface area contributed by atoms with Gasteiger partial charge < -0.3 is 33.2 Å². The molecule has 31 heavy (non-hydrogen) atoms. The highest BCUT2D eigenvalue weighted by atomic mass is 16.6. The van der Waals surface area contributed by atoms with Crippen molar-refractivity contribution in [3.63, 3.8) is 0 Å². The molecular formula is C22H43NO8. The first kappa shape index (κ1) is 30.1. The van der Waals surface area contributed by atoms with Gasteiger partial charge in [0, 0.05) is 13.7 Å². The zero-order valence-electron chi connectivity index (χ0n) is 20.5. The Hall–Kier alpha value is -0.900. The maximum atomic E-state index is 10.9. The number of ether oxygens (including phenoxy) is 7. The van der Waals surface area contributed by atoms with E-state index in [9.17, 15) is 4.79 Å². The molecule has 0 aromatic rings. The molecule has 6 atom stereocenters. The van der Waals surface area contributed by atoms with E-state index in [0.29, 0.717) is 33.0 Å². The number of carbonyl (C=O) groups excluding carboxylic acids is 1. The second-order valence-electron chi connectivity index (χ2n) is 7.96. The fraction of sp³-hybridized carbons (Fsp3) is 0.955. The first-order chi connectivity index (χ1) is 14.7. The number of hydrogen-bond acceptors (Lipinski definition) is 9. The van der Waals surface area contributed by atoms with Crippen LogP contribution in [0.3, 0.4) is 0 Å². The molecule has 0 saturated carbocycles. The molecular weight excluding hydrogens is 406 g/mol. The molecule has 0 spiro atoms. The minimum atomic E-state index is -1.15. The smallest absolute Gasteiger partial charge is 0.238 e. The highest BCUT2D eigenvalue weighted by molar-refractivity contribution is 5.34. The second-order valence-corrected chi connectivity index (χ2v) is 7.96. The van der Waals surface area contributed by atoms with Crippen molar-refractivity contribution in [1.29, 1.82) is 0 Å². The van der Waals surface area contributed by atoms with E-state index in [-0.39, 0.29) is 43.7 Å². The molecule has 0 aliphatic carbocycles. The summed E-state index contributed by atoms with van der Waals surface area (Å²) in [4.78, 5) is 14.6. The molecule has 0 bridgehead atoms. The summed E-state index contributed by atoms with van der Waals surface area (Å²) in [7, 11) is 1.64. The largest absolute Gasteiger partial charge is 0.382 e. The van der Waals surface area contributed by atoms with Gasteiger partial charge >= 0.3 is 0 Å². The third kappa shape index (κ3) is 16.4. The van der Waals surface area contributed by atoms with Crippen LogP contribution in [0, 0.1) is 0 Å². The zero-order chi connectivity index (χ0) is 23.7. The Labute approximate surface area is 187 Å². The van der Waals surface area contributed by atoms with Crippen LogP contribution in [0.25, 0.3) is 0 Å². The van der Waals surface area contributed by atoms with Gasteiger partial charge in [0.25, 0.3) is 0 Å². The monoisotopic (exact) mass is 449 g/mol. The van der Waals surface area contributed by atoms with Crippen molar-refractivity contribution in [2.75, 3.05) is 53.4 Å². The fourth-order valence-corrected chi connectivity index (χ4v) is 2.46. The van der Waals surface area contributed by atoms with Crippen LogP contribution in [0.2, 0.25) is 0 Å². The lowest BCUT2D eigenvalue weighted by Gasteiger charge is -2.28. The first-order valence-electron chi connectivity index (χ1n) is 11.0. The summed E-state index contributed by atoms with van der Waals surface area (Å²) in [5.74, 6) is 0. The fourth-order valence-electron chi connectivity index (χ4n) is 2.46. The molecule has 0 radical (unpaired) electrons. The van der Waals surface area contributed by atoms with Crippen LogP contribution in [0.5, 0.6) is 0 Å². The average Bonchev–Trinajstić information content (AvgIpc) is 2.72. The van der Waals surface area contributed by atoms with E-state index in [0.717, 1.165) is 0 Å². The molecule has 0 aliphatic heterocycles. The summed E-state index contributed by atoms with van der Waals surface area (Å²) in [6, 6.07) is 0. The summed E-state index contributed by atoms with van der Waals surface area (Å²) >= 11 is 0. The standard InChI is InChI=1S/C22H43NO8/c1-9-26-18(3)11-29-21(6)14-31-22(7,23-16-24)15-30-20(5)13-28-19(4)12-27-17(2)10-25-8/h17-21H,9-15H2,1-8H3/t17-,18-,19-,20+,21?,22+/m1/s1. The van der Waals surface area contributed by atoms with Gasteiger partial charge in [0.15, 0.2) is 5.72 Å². The van der Waals surface area contributed by atoms with Gasteiger partial charge in [-0.2, -0.15) is 4.99 Å². The molecule has 0 N–H and O–H groups in total. The van der Waals surface area contributed by atoms with Crippen molar-refractivity contribution in [2.45, 2.75) is 84.7 Å². The van der Waals surface area contributed by atoms with E-state index in [1.54, 1.807) is 20.1 Å². The Kier molecular flexibility index (Phi) is 17.1. The van der Waals surface area contributed by atoms with Crippen LogP contribution in [0.4, 0.5) is 0 Å². The van der Waals surface area contributed by atoms with Gasteiger partial charge in [0.2, 0.25) is 6.08 Å². The predicted molar refractivity (Wildman–Crippen MR) is 117 cm³/mol. The second kappa shape index (κ2) is 17.6. The topological polar surface area (TPSA) is 94.0 Å². The SMILES string of the molecule is CCO[C@H](C)COC(C)CO[C@@](C)(CO[C@@H](C)CO[C@H](C)CO[C@H](C)COC)N=C=O. The third-order valence-corrected chi connectivity index (χ3v) is 4.25. The summed E-state index contributed by atoms with van der Waals surface area (Å²) in [5, 5.41) is 0. The molecule has 9 nitrogen and oxygen atoms in total. The van der Waals surface area contributed by atoms with Crippen LogP contribution in [-0.2, 0) is 38.0 Å². The Morgan fingerprint density at radius 1 is 0.742 bits per heavy atom. The lowest BCUT2D eigenvalue weighted by atomic mass is 10.3. The molecule has 0 heterocycles. The molecule has 0 rings (SSSR count). The molecule has 0 amide bonds. The van der Waals surface area contributed by atoms with E-state index in [4.69, 9.17) is 33.2 Å². The quantitative estimate of drug-likeness (QED) is 0.207. The number of hydrogen-bond donors (Lipinski definition) is 0. The number of nitrogens with zero attached hydrogens (tertiary/aromatic N) is 1. The predicted octanol–water partition coefficient (Wildman–Crippen LogP) is 2.75. The minimum absolute atomic E-state index is 0.00648. The average molecular weight is 450 g/mol. The van der Waals surface area contributed by atoms with E-state index < -0.39 is 5.72 Å². The van der Waals surface area contributed by atoms with Crippen molar-refractivity contribution in [1.82, 2.24) is 0 Å². The van der Waals surface area contributed by atoms with Gasteiger partial charge in [0.1, 0.15) is 0 Å². The highest BCUT2D eigenvalue weighted by Gasteiger charge is 2.27. The lowest BCUT2D eigenvalue weighted by molar-refractivity contribution is -0.139. The minimum Gasteiger partial charge on any atom is -0.382 e. The van der Waals surface area contributed by atoms with Crippen molar-refractivity contribution in [3.05, 3.63) is 0 Å². The molecule has 1 unspecified atom stereocenters. The van der Waals surface area contributed by atoms with Gasteiger partial charge in [0.05, 0.1) is 70.2 Å². The van der Waals surface area contributed by atoms with Crippen LogP contribution >= 0.6 is 0 Å². The third-order valence-electron chi connectivity index (χ3n) is 4.25. The van der Waals surface area contributed by atoms with Crippen molar-refractivity contribution in [2.24, 2.45) is 4.99 Å². The van der Waals surface area contributed by atoms with Crippen molar-refractivity contribution >= 4 is 6.08 Å². The summed E-state index contributed by atoms with van der Waals surface area (Å²) < 4.78 is 39.2. The summed E-state index contributed by atoms with van der Waals surface area (Å²) in [6.07, 6.45) is 1.09. The van der Waals surface area contributed by atoms with Gasteiger partial charge in [-0.3, -0.25) is 0 Å². The first-order valence-corrected chi connectivity index (χ1v) is 11.0. The van der Waals surface area contributed by atoms with Crippen LogP contribution < -0.4 is 0 Å². The Morgan fingerprint density at radius 3 is 1.68 bits per heavy atom. The molecule has 0 saturated heterocycles. The summed E-state index contributed by atoms with van der Waals surface area (Å²) in [5.41, 5.74) is -1.15. The van der Waals surface area contributed by atoms with Gasteiger partial charge in [-0.25, -0.2) is 4.79 Å². The van der Waals surface area contributed by atoms with Gasteiger partial charge in [-0.15, -0.1) is 0 Å². The molecule has 0 fully saturated rings. The van der Waals surface area contributed by atoms with Gasteiger partial charge in [-0.05, 0) is 48.5 Å². The normalized spacial score (nSPS) is 18.5. The number of methoxy groups -OCH3 is 1. The van der Waals surface area contributed by atoms with Crippen LogP contribution in [0.1, 0.15) is 48.5 Å². The van der Waals surface area contributed by atoms with E-state index in [1.165, 1.54) is 0 Å². The summed E-state index contributed by atoms with van der Waals surface area (Å²) in [6.45, 7) is 16.0. The molecule has 9 heteroatoms. The van der Waals surface area contributed by atoms with E-state index in [1.807, 2.05) is 41.5 Å². The molecule has 184 valence electrons. The Balaban J connectivity index is 4.29. The van der Waals surface area contributed by atoms with Crippen molar-refractivity contribution < 1.29 is 38.0 Å². The van der Waals surface area contributed by atoms with Crippen molar-refractivity contribution in [3.8, 4) is 0 Å². The number of aliphatic imine (C=N–C) groups is 1. The Morgan fingerprint density at radius 2 is 1.19 bits per heavy atom. The molecule has 0 aromatic heterocycles.